The van der Waals surface area contributed by atoms with Gasteiger partial charge in [-0.05, 0) is 49.5 Å². The molecular weight excluding hydrogens is 476 g/mol. The van der Waals surface area contributed by atoms with Crippen molar-refractivity contribution in [3.63, 3.8) is 0 Å². The van der Waals surface area contributed by atoms with Crippen molar-refractivity contribution in [2.24, 2.45) is 17.8 Å². The molecule has 1 aromatic rings. The first-order valence-corrected chi connectivity index (χ1v) is 13.2. The number of carbonyl (C=O) groups is 5. The molecular formula is C27H34N4O6. The van der Waals surface area contributed by atoms with Crippen molar-refractivity contribution < 1.29 is 29.1 Å². The van der Waals surface area contributed by atoms with Crippen molar-refractivity contribution in [3.8, 4) is 0 Å². The van der Waals surface area contributed by atoms with E-state index in [0.29, 0.717) is 31.5 Å². The molecule has 3 heterocycles. The van der Waals surface area contributed by atoms with Gasteiger partial charge in [0.15, 0.2) is 5.78 Å². The highest BCUT2D eigenvalue weighted by Crippen LogP contribution is 2.45. The van der Waals surface area contributed by atoms with Gasteiger partial charge in [-0.25, -0.2) is 0 Å². The van der Waals surface area contributed by atoms with Crippen LogP contribution in [0.2, 0.25) is 0 Å². The zero-order chi connectivity index (χ0) is 26.2. The summed E-state index contributed by atoms with van der Waals surface area (Å²) in [6.07, 6.45) is 3.84. The Labute approximate surface area is 215 Å². The van der Waals surface area contributed by atoms with Crippen molar-refractivity contribution in [1.29, 1.82) is 0 Å². The van der Waals surface area contributed by atoms with Gasteiger partial charge in [-0.2, -0.15) is 0 Å². The average Bonchev–Trinajstić information content (AvgIpc) is 3.68. The summed E-state index contributed by atoms with van der Waals surface area (Å²) < 4.78 is 0. The predicted octanol–water partition coefficient (Wildman–Crippen LogP) is -0.00860. The molecule has 0 bridgehead atoms. The van der Waals surface area contributed by atoms with Crippen LogP contribution in [0.3, 0.4) is 0 Å². The van der Waals surface area contributed by atoms with E-state index in [0.717, 1.165) is 19.3 Å². The Bertz CT molecular complexity index is 1090. The molecule has 37 heavy (non-hydrogen) atoms. The smallest absolute Gasteiger partial charge is 0.253 e. The van der Waals surface area contributed by atoms with E-state index in [2.05, 4.69) is 16.0 Å². The number of likely N-dealkylation sites (tertiary alicyclic amines) is 1. The number of rotatable bonds is 8. The lowest BCUT2D eigenvalue weighted by Gasteiger charge is -2.36. The van der Waals surface area contributed by atoms with Crippen LogP contribution in [0.15, 0.2) is 30.3 Å². The Balaban J connectivity index is 1.42. The summed E-state index contributed by atoms with van der Waals surface area (Å²) in [5, 5.41) is 18.0. The molecule has 1 saturated carbocycles. The molecule has 1 aliphatic carbocycles. The number of hydrogen-bond donors (Lipinski definition) is 4. The molecule has 4 fully saturated rings. The van der Waals surface area contributed by atoms with E-state index in [1.807, 2.05) is 30.3 Å². The maximum absolute atomic E-state index is 14.2. The van der Waals surface area contributed by atoms with Crippen LogP contribution in [0.1, 0.15) is 50.5 Å². The average molecular weight is 511 g/mol. The van der Waals surface area contributed by atoms with Crippen LogP contribution in [-0.4, -0.2) is 71.2 Å². The minimum atomic E-state index is -1.24. The number of Topliss-reactive ketones (excluding diaryl/α,β-unsaturated/α-hetero) is 1. The quantitative estimate of drug-likeness (QED) is 0.387. The molecule has 10 heteroatoms. The summed E-state index contributed by atoms with van der Waals surface area (Å²) in [4.78, 5) is 66.6. The lowest BCUT2D eigenvalue weighted by molar-refractivity contribution is -0.146. The third-order valence-electron chi connectivity index (χ3n) is 8.68. The van der Waals surface area contributed by atoms with Crippen LogP contribution in [-0.2, 0) is 29.5 Å². The summed E-state index contributed by atoms with van der Waals surface area (Å²) >= 11 is 0. The Morgan fingerprint density at radius 2 is 1.92 bits per heavy atom. The number of benzene rings is 1. The van der Waals surface area contributed by atoms with Crippen molar-refractivity contribution in [3.05, 3.63) is 35.9 Å². The van der Waals surface area contributed by atoms with E-state index in [4.69, 9.17) is 0 Å². The Kier molecular flexibility index (Phi) is 7.02. The molecule has 0 spiro atoms. The molecule has 3 saturated heterocycles. The van der Waals surface area contributed by atoms with Gasteiger partial charge in [0.2, 0.25) is 17.7 Å². The molecule has 0 radical (unpaired) electrons. The molecule has 6 atom stereocenters. The summed E-state index contributed by atoms with van der Waals surface area (Å²) in [7, 11) is 0. The maximum Gasteiger partial charge on any atom is 0.253 e. The zero-order valence-electron chi connectivity index (χ0n) is 20.8. The predicted molar refractivity (Wildman–Crippen MR) is 132 cm³/mol. The van der Waals surface area contributed by atoms with E-state index in [1.165, 1.54) is 0 Å². The SMILES string of the molecule is O=C1CC[C@@](C(=O)N2C[C@H]3CCC[C@H]3[C@@H]2C(=O)N[C@@H](C[C@@H]2CCNC2=O)C(=O)CO)(c2ccccc2)N1. The molecule has 4 aliphatic rings. The van der Waals surface area contributed by atoms with Crippen LogP contribution in [0.25, 0.3) is 0 Å². The van der Waals surface area contributed by atoms with Crippen molar-refractivity contribution in [1.82, 2.24) is 20.9 Å². The largest absolute Gasteiger partial charge is 0.389 e. The number of hydrogen-bond acceptors (Lipinski definition) is 6. The number of ketones is 1. The fourth-order valence-corrected chi connectivity index (χ4v) is 6.78. The van der Waals surface area contributed by atoms with Gasteiger partial charge in [0.1, 0.15) is 18.2 Å². The van der Waals surface area contributed by atoms with Crippen LogP contribution in [0, 0.1) is 17.8 Å². The van der Waals surface area contributed by atoms with Gasteiger partial charge in [0, 0.05) is 25.4 Å². The fraction of sp³-hybridized carbons (Fsp3) is 0.593. The number of carbonyl (C=O) groups excluding carboxylic acids is 5. The highest BCUT2D eigenvalue weighted by atomic mass is 16.3. The second-order valence-corrected chi connectivity index (χ2v) is 10.8. The molecule has 4 amide bonds. The molecule has 10 nitrogen and oxygen atoms in total. The van der Waals surface area contributed by atoms with Gasteiger partial charge in [0.25, 0.3) is 5.91 Å². The van der Waals surface area contributed by atoms with E-state index >= 15 is 0 Å². The normalized spacial score (nSPS) is 31.5. The number of fused-ring (bicyclic) bond motifs is 1. The van der Waals surface area contributed by atoms with E-state index in [1.54, 1.807) is 4.90 Å². The minimum Gasteiger partial charge on any atom is -0.389 e. The standard InChI is InChI=1S/C27H34N4O6/c32-15-21(33)20(13-16-10-12-28-24(16)35)29-25(36)23-19-8-4-5-17(19)14-31(23)26(37)27(11-9-22(34)30-27)18-6-2-1-3-7-18/h1-3,6-7,16-17,19-20,23,32H,4-5,8-15H2,(H,28,35)(H,29,36)(H,30,34)/t16-,17+,19+,20-,23+,27-/m0/s1. The minimum absolute atomic E-state index is 0.0477. The van der Waals surface area contributed by atoms with Gasteiger partial charge in [-0.1, -0.05) is 36.8 Å². The topological polar surface area (TPSA) is 145 Å². The van der Waals surface area contributed by atoms with Crippen molar-refractivity contribution in [2.75, 3.05) is 19.7 Å². The molecule has 0 aromatic heterocycles. The third-order valence-corrected chi connectivity index (χ3v) is 8.68. The highest BCUT2D eigenvalue weighted by Gasteiger charge is 2.56. The van der Waals surface area contributed by atoms with Crippen molar-refractivity contribution >= 4 is 29.4 Å². The second-order valence-electron chi connectivity index (χ2n) is 10.8. The highest BCUT2D eigenvalue weighted by molar-refractivity contribution is 5.99. The number of amides is 4. The monoisotopic (exact) mass is 510 g/mol. The lowest BCUT2D eigenvalue weighted by Crippen LogP contribution is -2.59. The van der Waals surface area contributed by atoms with E-state index < -0.39 is 41.8 Å². The van der Waals surface area contributed by atoms with Gasteiger partial charge >= 0.3 is 0 Å². The van der Waals surface area contributed by atoms with Crippen LogP contribution in [0.5, 0.6) is 0 Å². The summed E-state index contributed by atoms with van der Waals surface area (Å²) in [6, 6.07) is 7.32. The summed E-state index contributed by atoms with van der Waals surface area (Å²) in [6.45, 7) is 0.177. The van der Waals surface area contributed by atoms with Crippen LogP contribution in [0.4, 0.5) is 0 Å². The third kappa shape index (κ3) is 4.63. The van der Waals surface area contributed by atoms with Crippen LogP contribution < -0.4 is 16.0 Å². The zero-order valence-corrected chi connectivity index (χ0v) is 20.8. The Morgan fingerprint density at radius 3 is 2.57 bits per heavy atom. The number of aliphatic hydroxyl groups is 1. The van der Waals surface area contributed by atoms with Crippen LogP contribution >= 0.6 is 0 Å². The summed E-state index contributed by atoms with van der Waals surface area (Å²) in [5.74, 6) is -1.99. The first-order chi connectivity index (χ1) is 17.8. The lowest BCUT2D eigenvalue weighted by atomic mass is 9.86. The fourth-order valence-electron chi connectivity index (χ4n) is 6.78. The maximum atomic E-state index is 14.2. The number of nitrogens with one attached hydrogen (secondary N) is 3. The molecule has 4 N–H and O–H groups in total. The van der Waals surface area contributed by atoms with Gasteiger partial charge in [0.05, 0.1) is 6.04 Å². The van der Waals surface area contributed by atoms with Gasteiger partial charge in [-0.15, -0.1) is 0 Å². The Hall–Kier alpha value is -3.27. The Morgan fingerprint density at radius 1 is 1.14 bits per heavy atom. The van der Waals surface area contributed by atoms with Gasteiger partial charge in [-0.3, -0.25) is 24.0 Å². The first-order valence-electron chi connectivity index (χ1n) is 13.2. The van der Waals surface area contributed by atoms with Crippen molar-refractivity contribution in [2.45, 2.75) is 62.6 Å². The molecule has 1 aromatic carbocycles. The second kappa shape index (κ2) is 10.2. The first kappa shape index (κ1) is 25.4. The number of aliphatic hydroxyl groups excluding tert-OH is 1. The summed E-state index contributed by atoms with van der Waals surface area (Å²) in [5.41, 5.74) is -0.555. The molecule has 0 unspecified atom stereocenters. The van der Waals surface area contributed by atoms with Gasteiger partial charge < -0.3 is 26.0 Å². The van der Waals surface area contributed by atoms with E-state index in [9.17, 15) is 29.1 Å². The molecule has 3 aliphatic heterocycles. The number of nitrogens with zero attached hydrogens (tertiary/aromatic N) is 1. The van der Waals surface area contributed by atoms with E-state index in [-0.39, 0.29) is 42.4 Å². The molecule has 5 rings (SSSR count). The molecule has 198 valence electrons.